The number of nitrogens with zero attached hydrogens (tertiary/aromatic N) is 5. The lowest BCUT2D eigenvalue weighted by Crippen LogP contribution is -2.33. The summed E-state index contributed by atoms with van der Waals surface area (Å²) in [7, 11) is -4.00. The third kappa shape index (κ3) is 5.97. The number of aryl methyl sites for hydroxylation is 1. The molecule has 1 aliphatic heterocycles. The molecule has 3 heterocycles. The van der Waals surface area contributed by atoms with Crippen molar-refractivity contribution < 1.29 is 18.3 Å². The molecule has 35 heavy (non-hydrogen) atoms. The Hall–Kier alpha value is -3.89. The lowest BCUT2D eigenvalue weighted by atomic mass is 10.1. The molecule has 0 bridgehead atoms. The van der Waals surface area contributed by atoms with Crippen molar-refractivity contribution in [2.24, 2.45) is 5.11 Å². The van der Waals surface area contributed by atoms with Crippen LogP contribution >= 0.6 is 7.75 Å². The van der Waals surface area contributed by atoms with Gasteiger partial charge in [-0.3, -0.25) is 28.9 Å². The Labute approximate surface area is 198 Å². The van der Waals surface area contributed by atoms with E-state index in [0.717, 1.165) is 0 Å². The van der Waals surface area contributed by atoms with Gasteiger partial charge in [0.2, 0.25) is 0 Å². The van der Waals surface area contributed by atoms with E-state index in [1.54, 1.807) is 55.6 Å². The second kappa shape index (κ2) is 10.6. The summed E-state index contributed by atoms with van der Waals surface area (Å²) >= 11 is 0. The molecule has 4 atom stereocenters. The number of anilines is 1. The maximum Gasteiger partial charge on any atom is 0.486 e. The number of rotatable bonds is 9. The number of aromatic nitrogens is 3. The fraction of sp³-hybridized carbons (Fsp3) is 0.286. The number of hydrogen-bond donors (Lipinski definition) is 2. The van der Waals surface area contributed by atoms with Crippen LogP contribution in [0.2, 0.25) is 0 Å². The number of pyridine rings is 1. The molecule has 0 radical (unpaired) electrons. The minimum atomic E-state index is -4.00. The van der Waals surface area contributed by atoms with Gasteiger partial charge in [0.05, 0.1) is 30.6 Å². The first kappa shape index (κ1) is 24.2. The number of ether oxygens (including phenoxy) is 1. The van der Waals surface area contributed by atoms with Crippen molar-refractivity contribution in [2.45, 2.75) is 31.7 Å². The van der Waals surface area contributed by atoms with Gasteiger partial charge in [-0.05, 0) is 36.7 Å². The number of hydrogen-bond acceptors (Lipinski definition) is 8. The number of aromatic amines is 1. The van der Waals surface area contributed by atoms with Gasteiger partial charge in [0.25, 0.3) is 5.56 Å². The van der Waals surface area contributed by atoms with Crippen LogP contribution in [-0.4, -0.2) is 33.3 Å². The van der Waals surface area contributed by atoms with Crippen LogP contribution < -0.4 is 20.9 Å². The Morgan fingerprint density at radius 2 is 2.11 bits per heavy atom. The summed E-state index contributed by atoms with van der Waals surface area (Å²) in [6.45, 7) is 1.27. The lowest BCUT2D eigenvalue weighted by Gasteiger charge is -2.23. The van der Waals surface area contributed by atoms with Crippen molar-refractivity contribution in [1.29, 1.82) is 0 Å². The van der Waals surface area contributed by atoms with E-state index in [1.807, 2.05) is 0 Å². The van der Waals surface area contributed by atoms with E-state index in [-0.39, 0.29) is 13.0 Å². The van der Waals surface area contributed by atoms with E-state index in [2.05, 4.69) is 25.1 Å². The van der Waals surface area contributed by atoms with Crippen LogP contribution in [0.1, 0.15) is 18.2 Å². The summed E-state index contributed by atoms with van der Waals surface area (Å²) in [5.74, 6) is 0.305. The monoisotopic (exact) mass is 499 g/mol. The number of benzene rings is 1. The van der Waals surface area contributed by atoms with Crippen LogP contribution in [0.15, 0.2) is 75.8 Å². The minimum Gasteiger partial charge on any atom is -0.409 e. The Morgan fingerprint density at radius 1 is 1.31 bits per heavy atom. The number of nitrogens with one attached hydrogen (secondary N) is 2. The summed E-state index contributed by atoms with van der Waals surface area (Å²) < 4.78 is 32.1. The molecule has 4 rings (SSSR count). The number of azide groups is 1. The van der Waals surface area contributed by atoms with Crippen molar-refractivity contribution in [3.05, 3.63) is 97.9 Å². The molecule has 1 saturated heterocycles. The molecule has 0 spiro atoms. The van der Waals surface area contributed by atoms with Gasteiger partial charge < -0.3 is 9.26 Å². The molecule has 182 valence electrons. The second-order valence-electron chi connectivity index (χ2n) is 7.67. The van der Waals surface area contributed by atoms with Crippen molar-refractivity contribution in [3.63, 3.8) is 0 Å². The standard InChI is InChI=1S/C21H22N7O6P/c1-14-12-28(21(30)24-20(14)29)19-10-17(25-27-22)18(33-19)13-32-35(31,26-15-6-5-9-23-11-15)34-16-7-3-2-4-8-16/h2-9,11-12,17-19H,10,13H2,1H3,(H,26,31)(H,24,29,30)/t17?,18-,19-,35?/m1/s1. The zero-order valence-electron chi connectivity index (χ0n) is 18.6. The molecule has 13 nitrogen and oxygen atoms in total. The summed E-state index contributed by atoms with van der Waals surface area (Å²) in [5, 5.41) is 6.48. The van der Waals surface area contributed by atoms with Gasteiger partial charge in [0.15, 0.2) is 0 Å². The highest BCUT2D eigenvalue weighted by atomic mass is 31.2. The van der Waals surface area contributed by atoms with Crippen LogP contribution in [0.25, 0.3) is 10.4 Å². The fourth-order valence-electron chi connectivity index (χ4n) is 3.48. The first-order valence-electron chi connectivity index (χ1n) is 10.6. The van der Waals surface area contributed by atoms with Gasteiger partial charge in [-0.25, -0.2) is 9.36 Å². The van der Waals surface area contributed by atoms with E-state index in [4.69, 9.17) is 19.3 Å². The minimum absolute atomic E-state index is 0.142. The normalized spacial score (nSPS) is 21.0. The molecule has 1 fully saturated rings. The van der Waals surface area contributed by atoms with Crippen LogP contribution in [0.3, 0.4) is 0 Å². The Balaban J connectivity index is 1.55. The summed E-state index contributed by atoms with van der Waals surface area (Å²) in [6, 6.07) is 11.0. The van der Waals surface area contributed by atoms with Crippen LogP contribution in [-0.2, 0) is 13.8 Å². The quantitative estimate of drug-likeness (QED) is 0.195. The fourth-order valence-corrected chi connectivity index (χ4v) is 4.84. The largest absolute Gasteiger partial charge is 0.486 e. The van der Waals surface area contributed by atoms with Gasteiger partial charge in [-0.2, -0.15) is 0 Å². The van der Waals surface area contributed by atoms with E-state index in [0.29, 0.717) is 17.0 Å². The molecular formula is C21H22N7O6P. The molecule has 0 amide bonds. The highest BCUT2D eigenvalue weighted by Crippen LogP contribution is 2.48. The van der Waals surface area contributed by atoms with E-state index >= 15 is 0 Å². The predicted molar refractivity (Wildman–Crippen MR) is 126 cm³/mol. The van der Waals surface area contributed by atoms with Crippen molar-refractivity contribution in [2.75, 3.05) is 11.7 Å². The SMILES string of the molecule is Cc1cn([C@H]2CC(N=[N+]=[N-])[C@@H](COP(=O)(Nc3cccnc3)Oc3ccccc3)O2)c(=O)[nH]c1=O. The van der Waals surface area contributed by atoms with E-state index < -0.39 is 37.4 Å². The lowest BCUT2D eigenvalue weighted by molar-refractivity contribution is -0.0234. The topological polar surface area (TPSA) is 173 Å². The van der Waals surface area contributed by atoms with Crippen LogP contribution in [0, 0.1) is 6.92 Å². The Kier molecular flexibility index (Phi) is 7.33. The first-order valence-corrected chi connectivity index (χ1v) is 12.1. The molecule has 14 heteroatoms. The van der Waals surface area contributed by atoms with Crippen LogP contribution in [0.4, 0.5) is 5.69 Å². The van der Waals surface area contributed by atoms with Crippen LogP contribution in [0.5, 0.6) is 5.75 Å². The zero-order chi connectivity index (χ0) is 24.8. The Bertz CT molecular complexity index is 1330. The van der Waals surface area contributed by atoms with E-state index in [9.17, 15) is 14.2 Å². The van der Waals surface area contributed by atoms with Gasteiger partial charge in [-0.1, -0.05) is 23.3 Å². The third-order valence-electron chi connectivity index (χ3n) is 5.17. The maximum atomic E-state index is 13.6. The second-order valence-corrected chi connectivity index (χ2v) is 9.33. The smallest absolute Gasteiger partial charge is 0.409 e. The highest BCUT2D eigenvalue weighted by Gasteiger charge is 2.39. The average Bonchev–Trinajstić information content (AvgIpc) is 3.24. The van der Waals surface area contributed by atoms with Crippen molar-refractivity contribution >= 4 is 13.4 Å². The van der Waals surface area contributed by atoms with Crippen molar-refractivity contribution in [3.8, 4) is 5.75 Å². The van der Waals surface area contributed by atoms with Gasteiger partial charge in [0.1, 0.15) is 12.0 Å². The summed E-state index contributed by atoms with van der Waals surface area (Å²) in [5.41, 5.74) is 8.55. The number of para-hydroxylation sites is 1. The molecule has 3 aromatic rings. The van der Waals surface area contributed by atoms with Gasteiger partial charge in [0, 0.05) is 29.3 Å². The van der Waals surface area contributed by atoms with Crippen molar-refractivity contribution in [1.82, 2.24) is 14.5 Å². The first-order chi connectivity index (χ1) is 16.9. The highest BCUT2D eigenvalue weighted by molar-refractivity contribution is 7.55. The molecule has 0 aliphatic carbocycles. The van der Waals surface area contributed by atoms with Gasteiger partial charge in [-0.15, -0.1) is 0 Å². The maximum absolute atomic E-state index is 13.6. The van der Waals surface area contributed by atoms with Gasteiger partial charge >= 0.3 is 13.4 Å². The number of H-pyrrole nitrogens is 1. The molecule has 2 aromatic heterocycles. The third-order valence-corrected chi connectivity index (χ3v) is 6.64. The zero-order valence-corrected chi connectivity index (χ0v) is 19.4. The molecule has 0 saturated carbocycles. The summed E-state index contributed by atoms with van der Waals surface area (Å²) in [6.07, 6.45) is 2.85. The molecule has 1 aromatic carbocycles. The average molecular weight is 499 g/mol. The molecule has 2 N–H and O–H groups in total. The Morgan fingerprint density at radius 3 is 2.83 bits per heavy atom. The summed E-state index contributed by atoms with van der Waals surface area (Å²) in [4.78, 5) is 33.0. The molecule has 1 aliphatic rings. The molecular weight excluding hydrogens is 477 g/mol. The predicted octanol–water partition coefficient (Wildman–Crippen LogP) is 3.52. The van der Waals surface area contributed by atoms with E-state index in [1.165, 1.54) is 17.0 Å². The molecule has 2 unspecified atom stereocenters.